The molecular weight excluding hydrogens is 380 g/mol. The van der Waals surface area contributed by atoms with E-state index in [1.165, 1.54) is 31.4 Å². The van der Waals surface area contributed by atoms with Gasteiger partial charge in [-0.25, -0.2) is 17.4 Å². The molecule has 0 aliphatic heterocycles. The normalized spacial score (nSPS) is 12.4. The Bertz CT molecular complexity index is 1180. The van der Waals surface area contributed by atoms with Crippen molar-refractivity contribution >= 4 is 37.1 Å². The average molecular weight is 396 g/mol. The van der Waals surface area contributed by atoms with E-state index in [1.807, 2.05) is 6.92 Å². The van der Waals surface area contributed by atoms with Gasteiger partial charge in [0.05, 0.1) is 10.6 Å². The molecule has 0 amide bonds. The lowest BCUT2D eigenvalue weighted by Crippen LogP contribution is -2.14. The molecule has 11 heteroatoms. The maximum atomic E-state index is 12.9. The largest absolute Gasteiger partial charge is 0.357 e. The Morgan fingerprint density at radius 1 is 1.08 bits per heavy atom. The van der Waals surface area contributed by atoms with Gasteiger partial charge in [-0.1, -0.05) is 17.7 Å². The summed E-state index contributed by atoms with van der Waals surface area (Å²) in [6.45, 7) is 1.84. The standard InChI is InChI=1S/C15H16N4O5S2/c1-10-3-5-11(6-4-10)26(23,24)19-8-7-12-13(9-25(20,21)22)17-15(16-2)18-14(12)19/h3-8H,9H2,1-2H3,(H,16,17,18)(H,20,21,22). The minimum atomic E-state index is -4.35. The highest BCUT2D eigenvalue weighted by molar-refractivity contribution is 7.90. The third-order valence-electron chi connectivity index (χ3n) is 3.71. The Balaban J connectivity index is 2.25. The van der Waals surface area contributed by atoms with Crippen LogP contribution >= 0.6 is 0 Å². The van der Waals surface area contributed by atoms with Gasteiger partial charge in [0, 0.05) is 18.6 Å². The first-order chi connectivity index (χ1) is 12.1. The van der Waals surface area contributed by atoms with Crippen LogP contribution in [0.5, 0.6) is 0 Å². The molecule has 2 aromatic heterocycles. The number of aromatic nitrogens is 3. The van der Waals surface area contributed by atoms with Crippen LogP contribution in [-0.4, -0.2) is 42.4 Å². The zero-order chi connectivity index (χ0) is 19.1. The molecule has 26 heavy (non-hydrogen) atoms. The molecule has 0 aliphatic carbocycles. The topological polar surface area (TPSA) is 131 Å². The summed E-state index contributed by atoms with van der Waals surface area (Å²) in [5.74, 6) is -0.717. The first-order valence-electron chi connectivity index (χ1n) is 7.45. The second-order valence-corrected chi connectivity index (χ2v) is 8.90. The fourth-order valence-corrected chi connectivity index (χ4v) is 4.33. The van der Waals surface area contributed by atoms with Gasteiger partial charge in [0.25, 0.3) is 20.1 Å². The van der Waals surface area contributed by atoms with E-state index in [0.717, 1.165) is 9.54 Å². The predicted octanol–water partition coefficient (Wildman–Crippen LogP) is 1.41. The van der Waals surface area contributed by atoms with E-state index in [0.29, 0.717) is 0 Å². The van der Waals surface area contributed by atoms with Gasteiger partial charge in [0.1, 0.15) is 5.75 Å². The number of rotatable bonds is 5. The fraction of sp³-hybridized carbons (Fsp3) is 0.200. The highest BCUT2D eigenvalue weighted by Crippen LogP contribution is 2.25. The van der Waals surface area contributed by atoms with E-state index in [4.69, 9.17) is 4.55 Å². The molecule has 3 aromatic rings. The van der Waals surface area contributed by atoms with Crippen LogP contribution in [0.25, 0.3) is 11.0 Å². The van der Waals surface area contributed by atoms with Crippen molar-refractivity contribution in [1.29, 1.82) is 0 Å². The van der Waals surface area contributed by atoms with Crippen molar-refractivity contribution in [2.75, 3.05) is 12.4 Å². The third kappa shape index (κ3) is 3.41. The molecule has 0 fully saturated rings. The number of anilines is 1. The summed E-state index contributed by atoms with van der Waals surface area (Å²) >= 11 is 0. The Hall–Kier alpha value is -2.50. The van der Waals surface area contributed by atoms with Crippen molar-refractivity contribution in [2.24, 2.45) is 0 Å². The summed E-state index contributed by atoms with van der Waals surface area (Å²) < 4.78 is 58.5. The molecule has 0 spiro atoms. The summed E-state index contributed by atoms with van der Waals surface area (Å²) in [5, 5.41) is 2.87. The summed E-state index contributed by atoms with van der Waals surface area (Å²) in [6, 6.07) is 7.72. The summed E-state index contributed by atoms with van der Waals surface area (Å²) in [6.07, 6.45) is 1.28. The van der Waals surface area contributed by atoms with Crippen molar-refractivity contribution in [3.05, 3.63) is 47.8 Å². The molecule has 0 radical (unpaired) electrons. The molecular formula is C15H16N4O5S2. The van der Waals surface area contributed by atoms with Crippen molar-refractivity contribution in [1.82, 2.24) is 13.9 Å². The van der Waals surface area contributed by atoms with E-state index in [1.54, 1.807) is 12.1 Å². The highest BCUT2D eigenvalue weighted by atomic mass is 32.2. The first-order valence-corrected chi connectivity index (χ1v) is 10.5. The predicted molar refractivity (Wildman–Crippen MR) is 96.1 cm³/mol. The molecule has 2 N–H and O–H groups in total. The summed E-state index contributed by atoms with van der Waals surface area (Å²) in [4.78, 5) is 8.22. The molecule has 1 aromatic carbocycles. The first kappa shape index (κ1) is 18.3. The van der Waals surface area contributed by atoms with Gasteiger partial charge in [-0.2, -0.15) is 13.4 Å². The summed E-state index contributed by atoms with van der Waals surface area (Å²) in [7, 11) is -6.78. The van der Waals surface area contributed by atoms with E-state index in [9.17, 15) is 16.8 Å². The van der Waals surface area contributed by atoms with Crippen LogP contribution in [0.4, 0.5) is 5.95 Å². The van der Waals surface area contributed by atoms with Gasteiger partial charge < -0.3 is 5.32 Å². The van der Waals surface area contributed by atoms with Gasteiger partial charge in [-0.05, 0) is 25.1 Å². The molecule has 2 heterocycles. The van der Waals surface area contributed by atoms with Crippen LogP contribution in [0.3, 0.4) is 0 Å². The maximum Gasteiger partial charge on any atom is 0.270 e. The maximum absolute atomic E-state index is 12.9. The smallest absolute Gasteiger partial charge is 0.270 e. The third-order valence-corrected chi connectivity index (χ3v) is 6.03. The van der Waals surface area contributed by atoms with E-state index < -0.39 is 25.9 Å². The van der Waals surface area contributed by atoms with Crippen LogP contribution in [0.1, 0.15) is 11.3 Å². The van der Waals surface area contributed by atoms with Crippen molar-refractivity contribution in [3.63, 3.8) is 0 Å². The molecule has 0 aliphatic rings. The molecule has 0 atom stereocenters. The Morgan fingerprint density at radius 2 is 1.73 bits per heavy atom. The van der Waals surface area contributed by atoms with Crippen molar-refractivity contribution in [2.45, 2.75) is 17.6 Å². The monoisotopic (exact) mass is 396 g/mol. The number of hydrogen-bond donors (Lipinski definition) is 2. The molecule has 9 nitrogen and oxygen atoms in total. The lowest BCUT2D eigenvalue weighted by atomic mass is 10.2. The van der Waals surface area contributed by atoms with Crippen LogP contribution in [0, 0.1) is 6.92 Å². The molecule has 0 unspecified atom stereocenters. The van der Waals surface area contributed by atoms with Crippen molar-refractivity contribution < 1.29 is 21.4 Å². The van der Waals surface area contributed by atoms with Gasteiger partial charge in [-0.15, -0.1) is 0 Å². The number of hydrogen-bond acceptors (Lipinski definition) is 7. The molecule has 0 bridgehead atoms. The Labute approximate surface area is 150 Å². The highest BCUT2D eigenvalue weighted by Gasteiger charge is 2.23. The zero-order valence-electron chi connectivity index (χ0n) is 13.9. The van der Waals surface area contributed by atoms with Crippen LogP contribution in [-0.2, 0) is 25.9 Å². The minimum absolute atomic E-state index is 0.000272. The van der Waals surface area contributed by atoms with Gasteiger partial charge in [-0.3, -0.25) is 4.55 Å². The van der Waals surface area contributed by atoms with Crippen LogP contribution < -0.4 is 5.32 Å². The number of aryl methyl sites for hydroxylation is 1. The lowest BCUT2D eigenvalue weighted by molar-refractivity contribution is 0.481. The number of nitrogens with one attached hydrogen (secondary N) is 1. The van der Waals surface area contributed by atoms with Gasteiger partial charge >= 0.3 is 0 Å². The van der Waals surface area contributed by atoms with E-state index in [-0.39, 0.29) is 27.6 Å². The van der Waals surface area contributed by atoms with Crippen LogP contribution in [0.2, 0.25) is 0 Å². The number of nitrogens with zero attached hydrogens (tertiary/aromatic N) is 3. The van der Waals surface area contributed by atoms with E-state index in [2.05, 4.69) is 15.3 Å². The van der Waals surface area contributed by atoms with Gasteiger partial charge in [0.15, 0.2) is 5.65 Å². The Morgan fingerprint density at radius 3 is 2.31 bits per heavy atom. The van der Waals surface area contributed by atoms with E-state index >= 15 is 0 Å². The average Bonchev–Trinajstić information content (AvgIpc) is 2.98. The molecule has 0 saturated carbocycles. The molecule has 3 rings (SSSR count). The molecule has 0 saturated heterocycles. The Kier molecular flexibility index (Phi) is 4.46. The second-order valence-electron chi connectivity index (χ2n) is 5.64. The molecule has 138 valence electrons. The fourth-order valence-electron chi connectivity index (χ4n) is 2.47. The van der Waals surface area contributed by atoms with Crippen molar-refractivity contribution in [3.8, 4) is 0 Å². The zero-order valence-corrected chi connectivity index (χ0v) is 15.5. The quantitative estimate of drug-likeness (QED) is 0.619. The summed E-state index contributed by atoms with van der Waals surface area (Å²) in [5.41, 5.74) is 0.930. The number of fused-ring (bicyclic) bond motifs is 1. The van der Waals surface area contributed by atoms with Crippen LogP contribution in [0.15, 0.2) is 41.4 Å². The lowest BCUT2D eigenvalue weighted by Gasteiger charge is -2.09. The minimum Gasteiger partial charge on any atom is -0.357 e. The number of benzene rings is 1. The van der Waals surface area contributed by atoms with Gasteiger partial charge in [0.2, 0.25) is 5.95 Å². The SMILES string of the molecule is CNc1nc(CS(=O)(=O)O)c2ccn(S(=O)(=O)c3ccc(C)cc3)c2n1. The second kappa shape index (κ2) is 6.34.